The molecule has 1 heterocycles. The standard InChI is InChI=1S/C23H24N4O3/c1-15-5-6-16(2)27(15)21-13-18(9-12-20(21)23(29)30)22(28)25-24-14-17-7-10-19(11-8-17)26(3)4/h5-14H,1-4H3,(H,25,28)(H,29,30). The van der Waals surface area contributed by atoms with E-state index in [9.17, 15) is 14.7 Å². The highest BCUT2D eigenvalue weighted by atomic mass is 16.4. The predicted molar refractivity (Wildman–Crippen MR) is 118 cm³/mol. The number of carbonyl (C=O) groups is 2. The Morgan fingerprint density at radius 1 is 1.00 bits per heavy atom. The summed E-state index contributed by atoms with van der Waals surface area (Å²) < 4.78 is 1.82. The van der Waals surface area contributed by atoms with Gasteiger partial charge < -0.3 is 14.6 Å². The Bertz CT molecular complexity index is 1090. The minimum atomic E-state index is -1.05. The summed E-state index contributed by atoms with van der Waals surface area (Å²) in [5.41, 5.74) is 7.07. The van der Waals surface area contributed by atoms with Crippen molar-refractivity contribution >= 4 is 23.8 Å². The molecule has 7 nitrogen and oxygen atoms in total. The minimum Gasteiger partial charge on any atom is -0.478 e. The molecule has 0 fully saturated rings. The first-order chi connectivity index (χ1) is 14.3. The molecule has 0 atom stereocenters. The van der Waals surface area contributed by atoms with Crippen LogP contribution in [0.25, 0.3) is 5.69 Å². The van der Waals surface area contributed by atoms with Gasteiger partial charge in [0.1, 0.15) is 0 Å². The molecular formula is C23H24N4O3. The maximum atomic E-state index is 12.6. The van der Waals surface area contributed by atoms with Crippen LogP contribution in [0.2, 0.25) is 0 Å². The monoisotopic (exact) mass is 404 g/mol. The van der Waals surface area contributed by atoms with Crippen LogP contribution < -0.4 is 10.3 Å². The molecule has 1 aromatic heterocycles. The lowest BCUT2D eigenvalue weighted by atomic mass is 10.1. The molecule has 0 spiro atoms. The predicted octanol–water partition coefficient (Wildman–Crippen LogP) is 3.62. The van der Waals surface area contributed by atoms with E-state index in [1.54, 1.807) is 12.3 Å². The first-order valence-corrected chi connectivity index (χ1v) is 9.41. The third kappa shape index (κ3) is 4.41. The van der Waals surface area contributed by atoms with Gasteiger partial charge in [0.25, 0.3) is 5.91 Å². The lowest BCUT2D eigenvalue weighted by Gasteiger charge is -2.14. The van der Waals surface area contributed by atoms with E-state index in [0.29, 0.717) is 11.3 Å². The summed E-state index contributed by atoms with van der Waals surface area (Å²) in [6, 6.07) is 16.0. The second-order valence-corrected chi connectivity index (χ2v) is 7.17. The summed E-state index contributed by atoms with van der Waals surface area (Å²) >= 11 is 0. The van der Waals surface area contributed by atoms with Gasteiger partial charge in [0.2, 0.25) is 0 Å². The Hall–Kier alpha value is -3.87. The summed E-state index contributed by atoms with van der Waals surface area (Å²) in [5, 5.41) is 13.6. The average Bonchev–Trinajstić information content (AvgIpc) is 3.05. The van der Waals surface area contributed by atoms with E-state index in [1.807, 2.05) is 73.8 Å². The Labute approximate surface area is 175 Å². The zero-order valence-electron chi connectivity index (χ0n) is 17.4. The highest BCUT2D eigenvalue weighted by Crippen LogP contribution is 2.22. The van der Waals surface area contributed by atoms with Gasteiger partial charge in [-0.1, -0.05) is 12.1 Å². The van der Waals surface area contributed by atoms with Crippen molar-refractivity contribution in [1.82, 2.24) is 9.99 Å². The number of amides is 1. The van der Waals surface area contributed by atoms with Crippen molar-refractivity contribution in [2.75, 3.05) is 19.0 Å². The van der Waals surface area contributed by atoms with Gasteiger partial charge >= 0.3 is 5.97 Å². The first-order valence-electron chi connectivity index (χ1n) is 9.41. The first kappa shape index (κ1) is 20.9. The molecule has 0 saturated heterocycles. The van der Waals surface area contributed by atoms with Crippen LogP contribution in [0.15, 0.2) is 59.7 Å². The van der Waals surface area contributed by atoms with Crippen LogP contribution in [0.1, 0.15) is 37.7 Å². The second-order valence-electron chi connectivity index (χ2n) is 7.17. The molecule has 0 unspecified atom stereocenters. The van der Waals surface area contributed by atoms with Gasteiger partial charge in [-0.25, -0.2) is 10.2 Å². The number of aromatic nitrogens is 1. The fourth-order valence-electron chi connectivity index (χ4n) is 3.18. The van der Waals surface area contributed by atoms with E-state index in [4.69, 9.17) is 0 Å². The largest absolute Gasteiger partial charge is 0.478 e. The molecule has 7 heteroatoms. The van der Waals surface area contributed by atoms with Crippen molar-refractivity contribution in [2.24, 2.45) is 5.10 Å². The number of hydrazone groups is 1. The van der Waals surface area contributed by atoms with E-state index in [-0.39, 0.29) is 5.56 Å². The number of nitrogens with one attached hydrogen (secondary N) is 1. The Kier molecular flexibility index (Phi) is 6.01. The number of hydrogen-bond acceptors (Lipinski definition) is 4. The molecular weight excluding hydrogens is 380 g/mol. The fourth-order valence-corrected chi connectivity index (χ4v) is 3.18. The van der Waals surface area contributed by atoms with Gasteiger partial charge in [-0.05, 0) is 61.9 Å². The van der Waals surface area contributed by atoms with Crippen molar-refractivity contribution < 1.29 is 14.7 Å². The van der Waals surface area contributed by atoms with Crippen LogP contribution in [0.5, 0.6) is 0 Å². The maximum absolute atomic E-state index is 12.6. The van der Waals surface area contributed by atoms with Crippen LogP contribution in [-0.4, -0.2) is 41.9 Å². The van der Waals surface area contributed by atoms with Crippen molar-refractivity contribution in [3.05, 3.63) is 82.7 Å². The lowest BCUT2D eigenvalue weighted by molar-refractivity contribution is 0.0696. The van der Waals surface area contributed by atoms with E-state index in [1.165, 1.54) is 12.1 Å². The molecule has 1 amide bonds. The van der Waals surface area contributed by atoms with Crippen LogP contribution in [0.4, 0.5) is 5.69 Å². The van der Waals surface area contributed by atoms with Crippen LogP contribution in [0.3, 0.4) is 0 Å². The number of carboxylic acids is 1. The lowest BCUT2D eigenvalue weighted by Crippen LogP contribution is -2.19. The third-order valence-electron chi connectivity index (χ3n) is 4.79. The van der Waals surface area contributed by atoms with Gasteiger partial charge in [-0.15, -0.1) is 0 Å². The molecule has 2 aromatic carbocycles. The van der Waals surface area contributed by atoms with E-state index < -0.39 is 11.9 Å². The van der Waals surface area contributed by atoms with Crippen molar-refractivity contribution in [2.45, 2.75) is 13.8 Å². The number of carbonyl (C=O) groups excluding carboxylic acids is 1. The number of benzene rings is 2. The number of nitrogens with zero attached hydrogens (tertiary/aromatic N) is 3. The summed E-state index contributed by atoms with van der Waals surface area (Å²) in [6.07, 6.45) is 1.56. The number of anilines is 1. The SMILES string of the molecule is Cc1ccc(C)n1-c1cc(C(=O)NN=Cc2ccc(N(C)C)cc2)ccc1C(=O)O. The van der Waals surface area contributed by atoms with Crippen LogP contribution in [-0.2, 0) is 0 Å². The Morgan fingerprint density at radius 3 is 2.20 bits per heavy atom. The molecule has 3 aromatic rings. The zero-order chi connectivity index (χ0) is 21.8. The van der Waals surface area contributed by atoms with E-state index in [2.05, 4.69) is 10.5 Å². The summed E-state index contributed by atoms with van der Waals surface area (Å²) in [6.45, 7) is 3.77. The molecule has 154 valence electrons. The van der Waals surface area contributed by atoms with Gasteiger partial charge in [0.05, 0.1) is 17.5 Å². The van der Waals surface area contributed by atoms with Gasteiger partial charge in [0, 0.05) is 36.7 Å². The van der Waals surface area contributed by atoms with Gasteiger partial charge in [0.15, 0.2) is 0 Å². The quantitative estimate of drug-likeness (QED) is 0.485. The van der Waals surface area contributed by atoms with Crippen LogP contribution >= 0.6 is 0 Å². The molecule has 0 aliphatic heterocycles. The summed E-state index contributed by atoms with van der Waals surface area (Å²) in [7, 11) is 3.92. The highest BCUT2D eigenvalue weighted by Gasteiger charge is 2.17. The van der Waals surface area contributed by atoms with Gasteiger partial charge in [-0.2, -0.15) is 5.10 Å². The smallest absolute Gasteiger partial charge is 0.337 e. The van der Waals surface area contributed by atoms with Crippen molar-refractivity contribution in [1.29, 1.82) is 0 Å². The molecule has 0 saturated carbocycles. The van der Waals surface area contributed by atoms with E-state index in [0.717, 1.165) is 22.6 Å². The summed E-state index contributed by atoms with van der Waals surface area (Å²) in [4.78, 5) is 26.2. The average molecular weight is 404 g/mol. The van der Waals surface area contributed by atoms with E-state index >= 15 is 0 Å². The minimum absolute atomic E-state index is 0.124. The number of hydrogen-bond donors (Lipinski definition) is 2. The van der Waals surface area contributed by atoms with Gasteiger partial charge in [-0.3, -0.25) is 4.79 Å². The molecule has 2 N–H and O–H groups in total. The molecule has 3 rings (SSSR count). The summed E-state index contributed by atoms with van der Waals surface area (Å²) in [5.74, 6) is -1.47. The highest BCUT2D eigenvalue weighted by molar-refractivity contribution is 5.98. The van der Waals surface area contributed by atoms with Crippen molar-refractivity contribution in [3.63, 3.8) is 0 Å². The number of aromatic carboxylic acids is 1. The molecule has 0 aliphatic carbocycles. The third-order valence-corrected chi connectivity index (χ3v) is 4.79. The molecule has 30 heavy (non-hydrogen) atoms. The molecule has 0 aliphatic rings. The topological polar surface area (TPSA) is 86.9 Å². The van der Waals surface area contributed by atoms with Crippen molar-refractivity contribution in [3.8, 4) is 5.69 Å². The Morgan fingerprint density at radius 2 is 1.63 bits per heavy atom. The number of aryl methyl sites for hydroxylation is 2. The molecule has 0 radical (unpaired) electrons. The maximum Gasteiger partial charge on any atom is 0.337 e. The molecule has 0 bridgehead atoms. The second kappa shape index (κ2) is 8.65. The zero-order valence-corrected chi connectivity index (χ0v) is 17.4. The Balaban J connectivity index is 1.82. The van der Waals surface area contributed by atoms with Crippen LogP contribution in [0, 0.1) is 13.8 Å². The fraction of sp³-hybridized carbons (Fsp3) is 0.174. The normalized spacial score (nSPS) is 10.9. The number of carboxylic acid groups (broad SMARTS) is 1. The number of rotatable bonds is 6.